The maximum atomic E-state index is 6.45. The molecule has 0 aliphatic carbocycles. The Labute approximate surface area is 254 Å². The molecule has 2 aromatic carbocycles. The fourth-order valence-corrected chi connectivity index (χ4v) is 5.26. The number of hydrogen-bond donors (Lipinski definition) is 0. The Morgan fingerprint density at radius 1 is 0.548 bits per heavy atom. The van der Waals surface area contributed by atoms with Crippen LogP contribution in [0.15, 0.2) is 24.3 Å². The number of hydrogen-bond acceptors (Lipinski definition) is 6. The minimum absolute atomic E-state index is 0.222. The highest BCUT2D eigenvalue weighted by atomic mass is 16.7. The lowest BCUT2D eigenvalue weighted by Crippen LogP contribution is -2.21. The second-order valence-electron chi connectivity index (χ2n) is 13.3. The third-order valence-corrected chi connectivity index (χ3v) is 8.01. The molecule has 0 saturated carbocycles. The van der Waals surface area contributed by atoms with Gasteiger partial charge in [-0.1, -0.05) is 79.7 Å². The zero-order valence-electron chi connectivity index (χ0n) is 27.6. The van der Waals surface area contributed by atoms with Crippen molar-refractivity contribution >= 4 is 0 Å². The Morgan fingerprint density at radius 3 is 1.07 bits per heavy atom. The molecule has 0 bridgehead atoms. The van der Waals surface area contributed by atoms with Gasteiger partial charge in [0.15, 0.2) is 12.6 Å². The number of aryl methyl sites for hydroxylation is 2. The van der Waals surface area contributed by atoms with Crippen molar-refractivity contribution in [1.29, 1.82) is 0 Å². The molecule has 0 N–H and O–H groups in total. The van der Waals surface area contributed by atoms with Gasteiger partial charge in [-0.05, 0) is 83.7 Å². The fourth-order valence-electron chi connectivity index (χ4n) is 5.26. The highest BCUT2D eigenvalue weighted by Crippen LogP contribution is 2.39. The molecule has 2 aliphatic heterocycles. The van der Waals surface area contributed by atoms with Gasteiger partial charge in [-0.25, -0.2) is 0 Å². The van der Waals surface area contributed by atoms with Crippen molar-refractivity contribution in [3.05, 3.63) is 57.6 Å². The molecule has 4 rings (SSSR count). The first kappa shape index (κ1) is 32.8. The first-order chi connectivity index (χ1) is 19.9. The summed E-state index contributed by atoms with van der Waals surface area (Å²) in [6.07, 6.45) is 1.71. The Morgan fingerprint density at radius 2 is 0.833 bits per heavy atom. The van der Waals surface area contributed by atoms with E-state index in [-0.39, 0.29) is 24.8 Å². The van der Waals surface area contributed by atoms with E-state index in [0.717, 1.165) is 37.6 Å². The molecule has 2 fully saturated rings. The van der Waals surface area contributed by atoms with Crippen LogP contribution in [0.3, 0.4) is 0 Å². The molecule has 2 aliphatic rings. The van der Waals surface area contributed by atoms with Gasteiger partial charge in [-0.2, -0.15) is 0 Å². The van der Waals surface area contributed by atoms with Gasteiger partial charge in [-0.15, -0.1) is 0 Å². The van der Waals surface area contributed by atoms with Crippen molar-refractivity contribution in [2.24, 2.45) is 0 Å². The number of epoxide rings is 2. The molecule has 2 saturated heterocycles. The minimum Gasteiger partial charge on any atom is -0.465 e. The molecule has 234 valence electrons. The molecule has 42 heavy (non-hydrogen) atoms. The normalized spacial score (nSPS) is 19.6. The highest BCUT2D eigenvalue weighted by Gasteiger charge is 2.26. The van der Waals surface area contributed by atoms with Crippen molar-refractivity contribution in [3.63, 3.8) is 0 Å². The lowest BCUT2D eigenvalue weighted by atomic mass is 9.88. The van der Waals surface area contributed by atoms with E-state index in [1.807, 2.05) is 13.8 Å². The summed E-state index contributed by atoms with van der Waals surface area (Å²) in [4.78, 5) is 0. The van der Waals surface area contributed by atoms with E-state index in [1.165, 1.54) is 33.4 Å². The van der Waals surface area contributed by atoms with Crippen LogP contribution in [0, 0.1) is 0 Å². The third kappa shape index (κ3) is 9.19. The topological polar surface area (TPSA) is 62.0 Å². The van der Waals surface area contributed by atoms with Crippen molar-refractivity contribution in [3.8, 4) is 11.5 Å². The maximum absolute atomic E-state index is 6.45. The minimum atomic E-state index is -0.324. The first-order valence-corrected chi connectivity index (χ1v) is 16.1. The quantitative estimate of drug-likeness (QED) is 0.138. The predicted octanol–water partition coefficient (Wildman–Crippen LogP) is 8.25. The van der Waals surface area contributed by atoms with Crippen LogP contribution >= 0.6 is 0 Å². The lowest BCUT2D eigenvalue weighted by molar-refractivity contribution is -0.0721. The fraction of sp³-hybridized carbons (Fsp3) is 0.667. The average molecular weight is 583 g/mol. The molecule has 2 heterocycles. The Balaban J connectivity index is 1.55. The van der Waals surface area contributed by atoms with Crippen molar-refractivity contribution in [2.75, 3.05) is 26.4 Å². The Hall–Kier alpha value is -2.12. The van der Waals surface area contributed by atoms with E-state index in [9.17, 15) is 0 Å². The Kier molecular flexibility index (Phi) is 11.4. The molecule has 4 atom stereocenters. The van der Waals surface area contributed by atoms with Crippen LogP contribution in [0.5, 0.6) is 11.5 Å². The van der Waals surface area contributed by atoms with Gasteiger partial charge in [0.2, 0.25) is 0 Å². The van der Waals surface area contributed by atoms with Crippen LogP contribution in [0.4, 0.5) is 0 Å². The summed E-state index contributed by atoms with van der Waals surface area (Å²) in [6.45, 7) is 24.6. The monoisotopic (exact) mass is 582 g/mol. The van der Waals surface area contributed by atoms with E-state index in [2.05, 4.69) is 79.7 Å². The maximum Gasteiger partial charge on any atom is 0.197 e. The van der Waals surface area contributed by atoms with E-state index in [1.54, 1.807) is 0 Å². The largest absolute Gasteiger partial charge is 0.465 e. The molecule has 2 aromatic rings. The van der Waals surface area contributed by atoms with Gasteiger partial charge < -0.3 is 28.4 Å². The molecular formula is C36H54O6. The van der Waals surface area contributed by atoms with Crippen LogP contribution in [-0.2, 0) is 31.8 Å². The zero-order valence-corrected chi connectivity index (χ0v) is 27.6. The number of ether oxygens (including phenoxy) is 6. The second-order valence-corrected chi connectivity index (χ2v) is 13.3. The molecule has 0 aromatic heterocycles. The highest BCUT2D eigenvalue weighted by molar-refractivity contribution is 5.50. The van der Waals surface area contributed by atoms with Crippen molar-refractivity contribution < 1.29 is 28.4 Å². The van der Waals surface area contributed by atoms with Gasteiger partial charge in [-0.3, -0.25) is 0 Å². The Bertz CT molecular complexity index is 1010. The van der Waals surface area contributed by atoms with Crippen LogP contribution in [0.25, 0.3) is 0 Å². The first-order valence-electron chi connectivity index (χ1n) is 16.1. The molecule has 6 nitrogen and oxygen atoms in total. The van der Waals surface area contributed by atoms with E-state index < -0.39 is 0 Å². The molecule has 0 radical (unpaired) electrons. The molecule has 0 spiro atoms. The van der Waals surface area contributed by atoms with Gasteiger partial charge >= 0.3 is 0 Å². The van der Waals surface area contributed by atoms with Crippen molar-refractivity contribution in [1.82, 2.24) is 0 Å². The summed E-state index contributed by atoms with van der Waals surface area (Å²) >= 11 is 0. The van der Waals surface area contributed by atoms with Gasteiger partial charge in [0.1, 0.15) is 23.7 Å². The molecule has 0 amide bonds. The van der Waals surface area contributed by atoms with Crippen LogP contribution < -0.4 is 9.47 Å². The molecule has 4 unspecified atom stereocenters. The lowest BCUT2D eigenvalue weighted by Gasteiger charge is -2.25. The predicted molar refractivity (Wildman–Crippen MR) is 168 cm³/mol. The molecule has 6 heteroatoms. The van der Waals surface area contributed by atoms with Crippen LogP contribution in [0.2, 0.25) is 0 Å². The van der Waals surface area contributed by atoms with E-state index >= 15 is 0 Å². The summed E-state index contributed by atoms with van der Waals surface area (Å²) in [7, 11) is 0. The SMILES string of the molecule is CC(OCC1CO1)Oc1c(C(C)C)cc(CCc2cc(C(C)C)c(OC(C)OCC3CO3)c(C(C)C)c2)cc1C(C)C. The van der Waals surface area contributed by atoms with Gasteiger partial charge in [0, 0.05) is 0 Å². The summed E-state index contributed by atoms with van der Waals surface area (Å²) in [5.74, 6) is 3.30. The summed E-state index contributed by atoms with van der Waals surface area (Å²) in [5.41, 5.74) is 7.67. The summed E-state index contributed by atoms with van der Waals surface area (Å²) in [6, 6.07) is 9.37. The number of rotatable bonds is 17. The van der Waals surface area contributed by atoms with Crippen LogP contribution in [-0.4, -0.2) is 51.2 Å². The van der Waals surface area contributed by atoms with Gasteiger partial charge in [0.25, 0.3) is 0 Å². The van der Waals surface area contributed by atoms with Crippen LogP contribution in [0.1, 0.15) is 126 Å². The third-order valence-electron chi connectivity index (χ3n) is 8.01. The average Bonchev–Trinajstić information content (AvgIpc) is 3.85. The smallest absolute Gasteiger partial charge is 0.197 e. The summed E-state index contributed by atoms with van der Waals surface area (Å²) in [5, 5.41) is 0. The second kappa shape index (κ2) is 14.6. The van der Waals surface area contributed by atoms with E-state index in [0.29, 0.717) is 36.9 Å². The standard InChI is InChI=1S/C36H54O6/c1-21(2)31-13-27(14-32(22(3)4)35(31)41-25(9)37-17-29-19-39-29)11-12-28-15-33(23(5)6)36(34(16-28)24(7)8)42-26(10)38-18-30-20-40-30/h13-16,21-26,29-30H,11-12,17-20H2,1-10H3. The zero-order chi connectivity index (χ0) is 30.6. The van der Waals surface area contributed by atoms with E-state index in [4.69, 9.17) is 28.4 Å². The molecular weight excluding hydrogens is 528 g/mol. The van der Waals surface area contributed by atoms with Crippen molar-refractivity contribution in [2.45, 2.75) is 131 Å². The summed E-state index contributed by atoms with van der Waals surface area (Å²) < 4.78 is 35.3. The van der Waals surface area contributed by atoms with Gasteiger partial charge in [0.05, 0.1) is 26.4 Å². The number of benzene rings is 2.